The van der Waals surface area contributed by atoms with Crippen molar-refractivity contribution >= 4 is 27.3 Å². The molecule has 0 radical (unpaired) electrons. The van der Waals surface area contributed by atoms with Crippen LogP contribution in [0.2, 0.25) is 0 Å². The lowest BCUT2D eigenvalue weighted by Gasteiger charge is -2.09. The Balaban J connectivity index is 1.93. The number of hydrogen-bond donors (Lipinski definition) is 0. The van der Waals surface area contributed by atoms with Gasteiger partial charge in [-0.05, 0) is 35.6 Å². The predicted molar refractivity (Wildman–Crippen MR) is 75.3 cm³/mol. The molecule has 3 rings (SSSR count). The summed E-state index contributed by atoms with van der Waals surface area (Å²) in [6.45, 7) is 2.12. The Morgan fingerprint density at radius 3 is 3.06 bits per heavy atom. The highest BCUT2D eigenvalue weighted by atomic mass is 79.9. The standard InChI is InChI=1S/C14H13BrOS/c1-9-7-11-8-10(4-5-12(11)16-9)14(15)13-3-2-6-17-13/h2-6,8-9,14H,7H2,1H3. The molecule has 2 atom stereocenters. The van der Waals surface area contributed by atoms with E-state index in [1.165, 1.54) is 16.0 Å². The van der Waals surface area contributed by atoms with Crippen LogP contribution in [0.15, 0.2) is 35.7 Å². The first-order valence-corrected chi connectivity index (χ1v) is 7.50. The first-order chi connectivity index (χ1) is 8.24. The minimum Gasteiger partial charge on any atom is -0.490 e. The Morgan fingerprint density at radius 1 is 1.41 bits per heavy atom. The Hall–Kier alpha value is -0.800. The average molecular weight is 309 g/mol. The quantitative estimate of drug-likeness (QED) is 0.739. The minimum atomic E-state index is 0.295. The zero-order chi connectivity index (χ0) is 11.8. The van der Waals surface area contributed by atoms with Crippen molar-refractivity contribution in [3.63, 3.8) is 0 Å². The number of alkyl halides is 1. The molecule has 1 aliphatic rings. The fraction of sp³-hybridized carbons (Fsp3) is 0.286. The van der Waals surface area contributed by atoms with Gasteiger partial charge in [-0.15, -0.1) is 11.3 Å². The van der Waals surface area contributed by atoms with Gasteiger partial charge >= 0.3 is 0 Å². The number of rotatable bonds is 2. The maximum absolute atomic E-state index is 5.72. The van der Waals surface area contributed by atoms with Crippen molar-refractivity contribution < 1.29 is 4.74 Å². The molecule has 2 heterocycles. The lowest BCUT2D eigenvalue weighted by molar-refractivity contribution is 0.254. The molecule has 1 nitrogen and oxygen atoms in total. The summed E-state index contributed by atoms with van der Waals surface area (Å²) in [5, 5.41) is 2.11. The lowest BCUT2D eigenvalue weighted by Crippen LogP contribution is -2.05. The van der Waals surface area contributed by atoms with Gasteiger partial charge in [0.25, 0.3) is 0 Å². The Bertz CT molecular complexity index is 521. The number of hydrogen-bond acceptors (Lipinski definition) is 2. The van der Waals surface area contributed by atoms with Crippen molar-refractivity contribution in [1.29, 1.82) is 0 Å². The van der Waals surface area contributed by atoms with E-state index in [4.69, 9.17) is 4.74 Å². The molecule has 0 saturated carbocycles. The SMILES string of the molecule is CC1Cc2cc(C(Br)c3cccs3)ccc2O1. The smallest absolute Gasteiger partial charge is 0.123 e. The van der Waals surface area contributed by atoms with Crippen LogP contribution in [0.3, 0.4) is 0 Å². The van der Waals surface area contributed by atoms with Crippen molar-refractivity contribution in [2.24, 2.45) is 0 Å². The van der Waals surface area contributed by atoms with E-state index in [2.05, 4.69) is 58.6 Å². The Morgan fingerprint density at radius 2 is 2.29 bits per heavy atom. The lowest BCUT2D eigenvalue weighted by atomic mass is 10.0. The van der Waals surface area contributed by atoms with Crippen LogP contribution in [0.4, 0.5) is 0 Å². The van der Waals surface area contributed by atoms with Gasteiger partial charge in [-0.3, -0.25) is 0 Å². The molecule has 0 spiro atoms. The third kappa shape index (κ3) is 2.14. The zero-order valence-electron chi connectivity index (χ0n) is 9.52. The van der Waals surface area contributed by atoms with Crippen molar-refractivity contribution in [3.8, 4) is 5.75 Å². The zero-order valence-corrected chi connectivity index (χ0v) is 11.9. The molecule has 0 N–H and O–H groups in total. The third-order valence-electron chi connectivity index (χ3n) is 3.01. The first-order valence-electron chi connectivity index (χ1n) is 5.71. The van der Waals surface area contributed by atoms with Crippen LogP contribution in [0.25, 0.3) is 0 Å². The van der Waals surface area contributed by atoms with E-state index in [0.717, 1.165) is 12.2 Å². The van der Waals surface area contributed by atoms with Gasteiger partial charge < -0.3 is 4.74 Å². The maximum Gasteiger partial charge on any atom is 0.123 e. The van der Waals surface area contributed by atoms with Crippen LogP contribution in [0.5, 0.6) is 5.75 Å². The van der Waals surface area contributed by atoms with Crippen LogP contribution in [0.1, 0.15) is 27.8 Å². The number of halogens is 1. The molecule has 1 aromatic heterocycles. The topological polar surface area (TPSA) is 9.23 Å². The van der Waals surface area contributed by atoms with Crippen molar-refractivity contribution in [1.82, 2.24) is 0 Å². The van der Waals surface area contributed by atoms with Gasteiger partial charge in [0.2, 0.25) is 0 Å². The molecule has 0 bridgehead atoms. The largest absolute Gasteiger partial charge is 0.490 e. The summed E-state index contributed by atoms with van der Waals surface area (Å²) in [6, 6.07) is 10.8. The number of benzene rings is 1. The molecule has 0 aliphatic carbocycles. The molecule has 88 valence electrons. The van der Waals surface area contributed by atoms with E-state index in [1.54, 1.807) is 11.3 Å². The Labute approximate surface area is 114 Å². The molecule has 0 saturated heterocycles. The highest BCUT2D eigenvalue weighted by molar-refractivity contribution is 9.09. The summed E-state index contributed by atoms with van der Waals surface area (Å²) in [5.74, 6) is 1.05. The highest BCUT2D eigenvalue weighted by Crippen LogP contribution is 2.37. The van der Waals surface area contributed by atoms with Gasteiger partial charge in [0.15, 0.2) is 0 Å². The highest BCUT2D eigenvalue weighted by Gasteiger charge is 2.21. The van der Waals surface area contributed by atoms with Gasteiger partial charge in [0.05, 0.1) is 4.83 Å². The van der Waals surface area contributed by atoms with Gasteiger partial charge in [-0.1, -0.05) is 34.1 Å². The van der Waals surface area contributed by atoms with Crippen LogP contribution in [-0.2, 0) is 6.42 Å². The summed E-state index contributed by atoms with van der Waals surface area (Å²) in [6.07, 6.45) is 1.34. The van der Waals surface area contributed by atoms with E-state index in [9.17, 15) is 0 Å². The van der Waals surface area contributed by atoms with Crippen LogP contribution >= 0.6 is 27.3 Å². The van der Waals surface area contributed by atoms with E-state index in [0.29, 0.717) is 10.9 Å². The van der Waals surface area contributed by atoms with Gasteiger partial charge in [0, 0.05) is 11.3 Å². The molecule has 2 aromatic rings. The summed E-state index contributed by atoms with van der Waals surface area (Å²) < 4.78 is 5.72. The fourth-order valence-electron chi connectivity index (χ4n) is 2.20. The van der Waals surface area contributed by atoms with E-state index in [-0.39, 0.29) is 0 Å². The van der Waals surface area contributed by atoms with Crippen molar-refractivity contribution in [2.45, 2.75) is 24.3 Å². The van der Waals surface area contributed by atoms with Gasteiger partial charge in [-0.2, -0.15) is 0 Å². The molecule has 0 amide bonds. The summed E-state index contributed by atoms with van der Waals surface area (Å²) in [4.78, 5) is 1.64. The maximum atomic E-state index is 5.72. The molecule has 0 fully saturated rings. The number of ether oxygens (including phenoxy) is 1. The number of thiophene rings is 1. The summed E-state index contributed by atoms with van der Waals surface area (Å²) >= 11 is 5.55. The molecular weight excluding hydrogens is 296 g/mol. The second kappa shape index (κ2) is 4.46. The predicted octanol–water partition coefficient (Wildman–Crippen LogP) is 4.56. The normalized spacial score (nSPS) is 19.8. The van der Waals surface area contributed by atoms with E-state index < -0.39 is 0 Å². The Kier molecular flexibility index (Phi) is 2.97. The third-order valence-corrected chi connectivity index (χ3v) is 5.27. The second-order valence-electron chi connectivity index (χ2n) is 4.38. The summed E-state index contributed by atoms with van der Waals surface area (Å²) in [5.41, 5.74) is 2.64. The minimum absolute atomic E-state index is 0.295. The van der Waals surface area contributed by atoms with Crippen molar-refractivity contribution in [2.75, 3.05) is 0 Å². The van der Waals surface area contributed by atoms with E-state index >= 15 is 0 Å². The summed E-state index contributed by atoms with van der Waals surface area (Å²) in [7, 11) is 0. The number of fused-ring (bicyclic) bond motifs is 1. The second-order valence-corrected chi connectivity index (χ2v) is 6.27. The van der Waals surface area contributed by atoms with Crippen LogP contribution in [-0.4, -0.2) is 6.10 Å². The molecule has 2 unspecified atom stereocenters. The van der Waals surface area contributed by atoms with Crippen LogP contribution < -0.4 is 4.74 Å². The van der Waals surface area contributed by atoms with E-state index in [1.807, 2.05) is 0 Å². The van der Waals surface area contributed by atoms with Gasteiger partial charge in [-0.25, -0.2) is 0 Å². The van der Waals surface area contributed by atoms with Crippen LogP contribution in [0, 0.1) is 0 Å². The average Bonchev–Trinajstić information content (AvgIpc) is 2.94. The monoisotopic (exact) mass is 308 g/mol. The molecular formula is C14H13BrOS. The molecule has 3 heteroatoms. The molecule has 1 aliphatic heterocycles. The molecule has 17 heavy (non-hydrogen) atoms. The first kappa shape index (κ1) is 11.3. The fourth-order valence-corrected chi connectivity index (χ4v) is 3.69. The van der Waals surface area contributed by atoms with Gasteiger partial charge in [0.1, 0.15) is 11.9 Å². The van der Waals surface area contributed by atoms with Crippen molar-refractivity contribution in [3.05, 3.63) is 51.7 Å². The molecule has 1 aromatic carbocycles.